The van der Waals surface area contributed by atoms with Crippen LogP contribution in [0.1, 0.15) is 0 Å². The predicted octanol–water partition coefficient (Wildman–Crippen LogP) is 12.1. The first-order valence-electron chi connectivity index (χ1n) is 15.4. The van der Waals surface area contributed by atoms with Crippen LogP contribution in [0.15, 0.2) is 162 Å². The summed E-state index contributed by atoms with van der Waals surface area (Å²) < 4.78 is 19.4. The molecule has 9 rings (SSSR count). The Morgan fingerprint density at radius 3 is 1.41 bits per heavy atom. The lowest BCUT2D eigenvalue weighted by Crippen LogP contribution is -1.85. The van der Waals surface area contributed by atoms with E-state index in [9.17, 15) is 4.39 Å². The normalized spacial score (nSPS) is 11.6. The summed E-state index contributed by atoms with van der Waals surface area (Å²) in [6.45, 7) is 0. The minimum absolute atomic E-state index is 0.220. The highest BCUT2D eigenvalue weighted by atomic mass is 19.1. The first-order chi connectivity index (χ1) is 22.6. The van der Waals surface area contributed by atoms with Crippen LogP contribution >= 0.6 is 0 Å². The van der Waals surface area contributed by atoms with Crippen LogP contribution in [0.2, 0.25) is 0 Å². The van der Waals surface area contributed by atoms with E-state index in [0.717, 1.165) is 33.4 Å². The van der Waals surface area contributed by atoms with Crippen LogP contribution in [0.5, 0.6) is 0 Å². The molecular weight excluding hydrogens is 565 g/mol. The smallest absolute Gasteiger partial charge is 0.227 e. The third kappa shape index (κ3) is 4.61. The molecular formula is C43H26FNO. The Morgan fingerprint density at radius 2 is 0.826 bits per heavy atom. The lowest BCUT2D eigenvalue weighted by molar-refractivity contribution is 0.620. The number of fused-ring (bicyclic) bond motifs is 5. The number of rotatable bonds is 4. The zero-order valence-corrected chi connectivity index (χ0v) is 24.7. The highest BCUT2D eigenvalue weighted by Gasteiger charge is 2.10. The maximum absolute atomic E-state index is 13.4. The fourth-order valence-electron chi connectivity index (χ4n) is 6.48. The van der Waals surface area contributed by atoms with Crippen molar-refractivity contribution in [2.45, 2.75) is 0 Å². The van der Waals surface area contributed by atoms with Gasteiger partial charge in [-0.15, -0.1) is 0 Å². The Morgan fingerprint density at radius 1 is 0.391 bits per heavy atom. The average Bonchev–Trinajstić information content (AvgIpc) is 3.56. The van der Waals surface area contributed by atoms with Gasteiger partial charge in [0.2, 0.25) is 5.89 Å². The average molecular weight is 592 g/mol. The Bertz CT molecular complexity index is 2550. The van der Waals surface area contributed by atoms with Gasteiger partial charge in [0.15, 0.2) is 5.58 Å². The van der Waals surface area contributed by atoms with E-state index < -0.39 is 0 Å². The zero-order chi connectivity index (χ0) is 30.6. The van der Waals surface area contributed by atoms with Crippen molar-refractivity contribution >= 4 is 43.4 Å². The van der Waals surface area contributed by atoms with Gasteiger partial charge < -0.3 is 4.42 Å². The number of para-hydroxylation sites is 2. The highest BCUT2D eigenvalue weighted by Crippen LogP contribution is 2.34. The molecule has 0 N–H and O–H groups in total. The van der Waals surface area contributed by atoms with Gasteiger partial charge >= 0.3 is 0 Å². The molecule has 0 radical (unpaired) electrons. The molecule has 9 aromatic rings. The summed E-state index contributed by atoms with van der Waals surface area (Å²) in [5.74, 6) is 0.416. The lowest BCUT2D eigenvalue weighted by Gasteiger charge is -2.10. The largest absolute Gasteiger partial charge is 0.436 e. The molecule has 0 fully saturated rings. The van der Waals surface area contributed by atoms with Gasteiger partial charge in [0, 0.05) is 5.56 Å². The molecule has 46 heavy (non-hydrogen) atoms. The van der Waals surface area contributed by atoms with Crippen molar-refractivity contribution in [1.29, 1.82) is 0 Å². The molecule has 0 aliphatic heterocycles. The monoisotopic (exact) mass is 591 g/mol. The number of hydrogen-bond donors (Lipinski definition) is 0. The molecule has 0 aliphatic carbocycles. The summed E-state index contributed by atoms with van der Waals surface area (Å²) >= 11 is 0. The van der Waals surface area contributed by atoms with E-state index in [4.69, 9.17) is 4.42 Å². The number of benzene rings is 8. The SMILES string of the molecule is Fc1ccc(-c2ccc3c(ccc4cc(-c5ccc6cc(-c7ccc(-c8nc9ccccc9o8)cc7)ccc6c5)ccc43)c2)cc1. The Kier molecular flexibility index (Phi) is 6.04. The number of oxazole rings is 1. The van der Waals surface area contributed by atoms with Crippen LogP contribution in [0.25, 0.3) is 88.3 Å². The summed E-state index contributed by atoms with van der Waals surface area (Å²) in [7, 11) is 0. The molecule has 0 saturated heterocycles. The van der Waals surface area contributed by atoms with Crippen LogP contribution in [-0.4, -0.2) is 4.98 Å². The van der Waals surface area contributed by atoms with Crippen molar-refractivity contribution in [3.8, 4) is 44.8 Å². The van der Waals surface area contributed by atoms with Gasteiger partial charge in [0.05, 0.1) is 0 Å². The first kappa shape index (κ1) is 26.4. The fourth-order valence-corrected chi connectivity index (χ4v) is 6.48. The summed E-state index contributed by atoms with van der Waals surface area (Å²) in [5, 5.41) is 7.22. The van der Waals surface area contributed by atoms with Crippen LogP contribution in [0, 0.1) is 5.82 Å². The highest BCUT2D eigenvalue weighted by molar-refractivity contribution is 6.09. The van der Waals surface area contributed by atoms with Crippen molar-refractivity contribution in [1.82, 2.24) is 4.98 Å². The summed E-state index contributed by atoms with van der Waals surface area (Å²) in [6, 6.07) is 53.8. The van der Waals surface area contributed by atoms with Crippen molar-refractivity contribution in [3.63, 3.8) is 0 Å². The molecule has 0 amide bonds. The van der Waals surface area contributed by atoms with E-state index in [1.165, 1.54) is 61.1 Å². The van der Waals surface area contributed by atoms with Crippen molar-refractivity contribution in [3.05, 3.63) is 164 Å². The van der Waals surface area contributed by atoms with Crippen LogP contribution in [-0.2, 0) is 0 Å². The van der Waals surface area contributed by atoms with Gasteiger partial charge in [-0.25, -0.2) is 9.37 Å². The van der Waals surface area contributed by atoms with Gasteiger partial charge in [-0.3, -0.25) is 0 Å². The maximum Gasteiger partial charge on any atom is 0.227 e. The molecule has 0 bridgehead atoms. The summed E-state index contributed by atoms with van der Waals surface area (Å²) in [4.78, 5) is 4.63. The molecule has 3 heteroatoms. The molecule has 0 atom stereocenters. The molecule has 0 unspecified atom stereocenters. The maximum atomic E-state index is 13.4. The van der Waals surface area contributed by atoms with E-state index in [1.54, 1.807) is 0 Å². The van der Waals surface area contributed by atoms with E-state index >= 15 is 0 Å². The van der Waals surface area contributed by atoms with Crippen LogP contribution in [0.4, 0.5) is 4.39 Å². The first-order valence-corrected chi connectivity index (χ1v) is 15.4. The van der Waals surface area contributed by atoms with Gasteiger partial charge in [0.1, 0.15) is 11.3 Å². The molecule has 8 aromatic carbocycles. The minimum atomic E-state index is -0.220. The van der Waals surface area contributed by atoms with Gasteiger partial charge in [0.25, 0.3) is 0 Å². The molecule has 0 saturated carbocycles. The third-order valence-corrected chi connectivity index (χ3v) is 8.95. The molecule has 1 heterocycles. The van der Waals surface area contributed by atoms with Gasteiger partial charge in [-0.1, -0.05) is 97.1 Å². The minimum Gasteiger partial charge on any atom is -0.436 e. The summed E-state index contributed by atoms with van der Waals surface area (Å²) in [6.07, 6.45) is 0. The number of aromatic nitrogens is 1. The van der Waals surface area contributed by atoms with E-state index in [-0.39, 0.29) is 5.82 Å². The number of hydrogen-bond acceptors (Lipinski definition) is 2. The van der Waals surface area contributed by atoms with Crippen molar-refractivity contribution in [2.24, 2.45) is 0 Å². The van der Waals surface area contributed by atoms with E-state index in [1.807, 2.05) is 36.4 Å². The Balaban J connectivity index is 0.998. The molecule has 0 aliphatic rings. The predicted molar refractivity (Wildman–Crippen MR) is 188 cm³/mol. The van der Waals surface area contributed by atoms with Crippen LogP contribution < -0.4 is 0 Å². The fraction of sp³-hybridized carbons (Fsp3) is 0. The number of halogens is 1. The second-order valence-electron chi connectivity index (χ2n) is 11.8. The zero-order valence-electron chi connectivity index (χ0n) is 24.7. The van der Waals surface area contributed by atoms with Crippen molar-refractivity contribution in [2.75, 3.05) is 0 Å². The molecule has 1 aromatic heterocycles. The second-order valence-corrected chi connectivity index (χ2v) is 11.8. The summed E-state index contributed by atoms with van der Waals surface area (Å²) in [5.41, 5.74) is 9.42. The van der Waals surface area contributed by atoms with Gasteiger partial charge in [-0.05, 0) is 126 Å². The second kappa shape index (κ2) is 10.5. The van der Waals surface area contributed by atoms with Crippen molar-refractivity contribution < 1.29 is 8.81 Å². The van der Waals surface area contributed by atoms with E-state index in [0.29, 0.717) is 5.89 Å². The molecule has 0 spiro atoms. The topological polar surface area (TPSA) is 26.0 Å². The Labute approximate surface area is 265 Å². The molecule has 2 nitrogen and oxygen atoms in total. The van der Waals surface area contributed by atoms with E-state index in [2.05, 4.69) is 114 Å². The van der Waals surface area contributed by atoms with Gasteiger partial charge in [-0.2, -0.15) is 0 Å². The third-order valence-electron chi connectivity index (χ3n) is 8.95. The lowest BCUT2D eigenvalue weighted by atomic mass is 9.94. The quantitative estimate of drug-likeness (QED) is 0.190. The number of nitrogens with zero attached hydrogens (tertiary/aromatic N) is 1. The van der Waals surface area contributed by atoms with Crippen LogP contribution in [0.3, 0.4) is 0 Å². The standard InChI is InChI=1S/C43H26FNO/c44-38-19-15-28(16-20-38)31-17-21-39-36(25-31)13-14-37-26-35(18-22-40(37)39)34-12-11-32-23-30(9-10-33(32)24-34)27-5-7-29(8-6-27)43-45-41-3-1-2-4-42(41)46-43/h1-26H. The molecule has 216 valence electrons. The Hall–Kier alpha value is -6.06.